The quantitative estimate of drug-likeness (QED) is 0.249. The summed E-state index contributed by atoms with van der Waals surface area (Å²) in [6, 6.07) is 9.16. The Hall–Kier alpha value is -2.63. The average Bonchev–Trinajstić information content (AvgIpc) is 3.09. The first-order chi connectivity index (χ1) is 10.6. The minimum Gasteiger partial charge on any atom is -0.505 e. The normalized spacial score (nSPS) is 16.9. The minimum atomic E-state index is -0.171. The zero-order valence-corrected chi connectivity index (χ0v) is 12.8. The van der Waals surface area contributed by atoms with Crippen LogP contribution in [0.1, 0.15) is 18.4 Å². The van der Waals surface area contributed by atoms with E-state index < -0.39 is 0 Å². The largest absolute Gasteiger partial charge is 0.505 e. The third-order valence-corrected chi connectivity index (χ3v) is 3.77. The Morgan fingerprint density at radius 2 is 1.77 bits per heavy atom. The Kier molecular flexibility index (Phi) is 4.93. The standard InChI is InChI=1S/C16H23N5O/c1-20-15(18)12(16(19)21-9-5-6-10-21)14(22)13(17)11-7-3-2-4-8-11/h2-4,7-8,19-20,22H,5-6,9-10,17-18H2,1H3/b14-13+,15-12-,19-16?. The number of nitrogens with one attached hydrogen (secondary N) is 2. The number of amidine groups is 1. The van der Waals surface area contributed by atoms with Crippen molar-refractivity contribution in [3.63, 3.8) is 0 Å². The molecule has 0 aliphatic carbocycles. The summed E-state index contributed by atoms with van der Waals surface area (Å²) in [5.74, 6) is 0.254. The SMILES string of the molecule is CN/C(N)=C(C(=N)N1CCCC1)/C(O)=C(\N)c1ccccc1. The summed E-state index contributed by atoms with van der Waals surface area (Å²) in [5.41, 5.74) is 13.2. The Bertz CT molecular complexity index is 600. The fourth-order valence-corrected chi connectivity index (χ4v) is 2.48. The van der Waals surface area contributed by atoms with Crippen LogP contribution in [-0.2, 0) is 0 Å². The van der Waals surface area contributed by atoms with E-state index in [0.29, 0.717) is 5.56 Å². The second kappa shape index (κ2) is 6.89. The summed E-state index contributed by atoms with van der Waals surface area (Å²) in [6.45, 7) is 1.58. The second-order valence-electron chi connectivity index (χ2n) is 5.21. The summed E-state index contributed by atoms with van der Waals surface area (Å²) in [7, 11) is 1.65. The van der Waals surface area contributed by atoms with Gasteiger partial charge in [-0.1, -0.05) is 30.3 Å². The maximum Gasteiger partial charge on any atom is 0.153 e. The van der Waals surface area contributed by atoms with E-state index in [1.165, 1.54) is 0 Å². The summed E-state index contributed by atoms with van der Waals surface area (Å²) >= 11 is 0. The second-order valence-corrected chi connectivity index (χ2v) is 5.21. The van der Waals surface area contributed by atoms with Gasteiger partial charge < -0.3 is 26.8 Å². The Labute approximate surface area is 130 Å². The predicted molar refractivity (Wildman–Crippen MR) is 89.0 cm³/mol. The van der Waals surface area contributed by atoms with Crippen molar-refractivity contribution in [2.45, 2.75) is 12.8 Å². The van der Waals surface area contributed by atoms with Gasteiger partial charge in [0.25, 0.3) is 0 Å². The topological polar surface area (TPSA) is 111 Å². The van der Waals surface area contributed by atoms with Crippen LogP contribution >= 0.6 is 0 Å². The minimum absolute atomic E-state index is 0.171. The number of nitrogens with zero attached hydrogens (tertiary/aromatic N) is 1. The smallest absolute Gasteiger partial charge is 0.153 e. The van der Waals surface area contributed by atoms with E-state index >= 15 is 0 Å². The van der Waals surface area contributed by atoms with Crippen LogP contribution < -0.4 is 16.8 Å². The van der Waals surface area contributed by atoms with Gasteiger partial charge in [-0.15, -0.1) is 0 Å². The maximum atomic E-state index is 10.6. The fourth-order valence-electron chi connectivity index (χ4n) is 2.48. The average molecular weight is 301 g/mol. The lowest BCUT2D eigenvalue weighted by Crippen LogP contribution is -2.33. The van der Waals surface area contributed by atoms with Crippen molar-refractivity contribution < 1.29 is 5.11 Å². The Morgan fingerprint density at radius 3 is 2.32 bits per heavy atom. The van der Waals surface area contributed by atoms with Crippen LogP contribution in [0, 0.1) is 5.41 Å². The summed E-state index contributed by atoms with van der Waals surface area (Å²) in [6.07, 6.45) is 2.07. The summed E-state index contributed by atoms with van der Waals surface area (Å²) in [4.78, 5) is 1.90. The molecule has 6 heteroatoms. The molecular weight excluding hydrogens is 278 g/mol. The molecule has 1 aliphatic heterocycles. The highest BCUT2D eigenvalue weighted by molar-refractivity contribution is 6.02. The number of likely N-dealkylation sites (tertiary alicyclic amines) is 1. The molecule has 118 valence electrons. The molecule has 2 rings (SSSR count). The van der Waals surface area contributed by atoms with Crippen LogP contribution in [0.2, 0.25) is 0 Å². The molecule has 1 aromatic rings. The number of aliphatic hydroxyl groups is 1. The van der Waals surface area contributed by atoms with E-state index in [1.807, 2.05) is 23.1 Å². The zero-order chi connectivity index (χ0) is 16.1. The molecule has 1 aliphatic rings. The van der Waals surface area contributed by atoms with Crippen LogP contribution in [0.15, 0.2) is 47.5 Å². The monoisotopic (exact) mass is 301 g/mol. The molecule has 0 spiro atoms. The summed E-state index contributed by atoms with van der Waals surface area (Å²) in [5, 5.41) is 21.7. The van der Waals surface area contributed by atoms with Crippen molar-refractivity contribution in [3.05, 3.63) is 53.0 Å². The van der Waals surface area contributed by atoms with Gasteiger partial charge >= 0.3 is 0 Å². The molecule has 0 unspecified atom stereocenters. The van der Waals surface area contributed by atoms with Crippen LogP contribution in [0.4, 0.5) is 0 Å². The highest BCUT2D eigenvalue weighted by Gasteiger charge is 2.24. The van der Waals surface area contributed by atoms with Gasteiger partial charge in [-0.3, -0.25) is 5.41 Å². The molecular formula is C16H23N5O. The number of nitrogens with two attached hydrogens (primary N) is 2. The van der Waals surface area contributed by atoms with E-state index in [2.05, 4.69) is 5.32 Å². The van der Waals surface area contributed by atoms with E-state index in [4.69, 9.17) is 16.9 Å². The molecule has 0 amide bonds. The molecule has 0 bridgehead atoms. The number of hydrogen-bond acceptors (Lipinski definition) is 5. The number of benzene rings is 1. The number of rotatable bonds is 4. The van der Waals surface area contributed by atoms with Gasteiger partial charge in [-0.2, -0.15) is 0 Å². The highest BCUT2D eigenvalue weighted by Crippen LogP contribution is 2.22. The first-order valence-corrected chi connectivity index (χ1v) is 7.32. The van der Waals surface area contributed by atoms with Gasteiger partial charge in [0, 0.05) is 25.7 Å². The lowest BCUT2D eigenvalue weighted by Gasteiger charge is -2.22. The molecule has 0 radical (unpaired) electrons. The van der Waals surface area contributed by atoms with Gasteiger partial charge in [-0.05, 0) is 12.8 Å². The molecule has 0 atom stereocenters. The van der Waals surface area contributed by atoms with Crippen molar-refractivity contribution in [3.8, 4) is 0 Å². The van der Waals surface area contributed by atoms with Gasteiger partial charge in [0.05, 0.1) is 5.70 Å². The molecule has 1 aromatic carbocycles. The van der Waals surface area contributed by atoms with E-state index in [1.54, 1.807) is 19.2 Å². The van der Waals surface area contributed by atoms with Gasteiger partial charge in [0.15, 0.2) is 5.76 Å². The molecule has 22 heavy (non-hydrogen) atoms. The molecule has 1 heterocycles. The van der Waals surface area contributed by atoms with Gasteiger partial charge in [0.1, 0.15) is 17.2 Å². The van der Waals surface area contributed by atoms with Gasteiger partial charge in [-0.25, -0.2) is 0 Å². The van der Waals surface area contributed by atoms with Crippen LogP contribution in [0.5, 0.6) is 0 Å². The maximum absolute atomic E-state index is 10.6. The van der Waals surface area contributed by atoms with Crippen molar-refractivity contribution in [2.24, 2.45) is 11.5 Å². The van der Waals surface area contributed by atoms with Crippen LogP contribution in [-0.4, -0.2) is 36.0 Å². The predicted octanol–water partition coefficient (Wildman–Crippen LogP) is 1.33. The van der Waals surface area contributed by atoms with E-state index in [-0.39, 0.29) is 28.7 Å². The first kappa shape index (κ1) is 15.8. The lowest BCUT2D eigenvalue weighted by atomic mass is 10.1. The molecule has 7 N–H and O–H groups in total. The zero-order valence-electron chi connectivity index (χ0n) is 12.8. The van der Waals surface area contributed by atoms with Gasteiger partial charge in [0.2, 0.25) is 0 Å². The molecule has 1 saturated heterocycles. The molecule has 1 fully saturated rings. The number of aliphatic hydroxyl groups excluding tert-OH is 1. The highest BCUT2D eigenvalue weighted by atomic mass is 16.3. The number of hydrogen-bond donors (Lipinski definition) is 5. The van der Waals surface area contributed by atoms with Crippen molar-refractivity contribution in [2.75, 3.05) is 20.1 Å². The van der Waals surface area contributed by atoms with Crippen LogP contribution in [0.3, 0.4) is 0 Å². The first-order valence-electron chi connectivity index (χ1n) is 7.32. The van der Waals surface area contributed by atoms with E-state index in [9.17, 15) is 5.11 Å². The Morgan fingerprint density at radius 1 is 1.18 bits per heavy atom. The van der Waals surface area contributed by atoms with Crippen LogP contribution in [0.25, 0.3) is 5.70 Å². The Balaban J connectivity index is 2.44. The fraction of sp³-hybridized carbons (Fsp3) is 0.312. The molecule has 6 nitrogen and oxygen atoms in total. The lowest BCUT2D eigenvalue weighted by molar-refractivity contribution is 0.421. The van der Waals surface area contributed by atoms with Crippen molar-refractivity contribution >= 4 is 11.5 Å². The molecule has 0 saturated carbocycles. The van der Waals surface area contributed by atoms with Crippen molar-refractivity contribution in [1.29, 1.82) is 5.41 Å². The molecule has 0 aromatic heterocycles. The third-order valence-electron chi connectivity index (χ3n) is 3.77. The van der Waals surface area contributed by atoms with Crippen molar-refractivity contribution in [1.82, 2.24) is 10.2 Å². The van der Waals surface area contributed by atoms with E-state index in [0.717, 1.165) is 25.9 Å². The third kappa shape index (κ3) is 3.16. The summed E-state index contributed by atoms with van der Waals surface area (Å²) < 4.78 is 0.